The molecule has 6 nitrogen and oxygen atoms in total. The first-order chi connectivity index (χ1) is 12.2. The van der Waals surface area contributed by atoms with Crippen molar-refractivity contribution in [1.82, 2.24) is 15.0 Å². The lowest BCUT2D eigenvalue weighted by Crippen LogP contribution is -2.45. The second-order valence-corrected chi connectivity index (χ2v) is 6.68. The van der Waals surface area contributed by atoms with E-state index >= 15 is 0 Å². The number of ether oxygens (including phenoxy) is 2. The van der Waals surface area contributed by atoms with E-state index in [9.17, 15) is 4.39 Å². The van der Waals surface area contributed by atoms with Gasteiger partial charge in [0.1, 0.15) is 0 Å². The lowest BCUT2D eigenvalue weighted by atomic mass is 9.88. The number of aromatic nitrogens is 3. The normalized spacial score (nSPS) is 22.4. The Hall–Kier alpha value is -2.12. The molecule has 0 saturated carbocycles. The van der Waals surface area contributed by atoms with Crippen LogP contribution in [0.5, 0.6) is 0 Å². The van der Waals surface area contributed by atoms with Gasteiger partial charge in [0, 0.05) is 31.9 Å². The Morgan fingerprint density at radius 1 is 1.24 bits per heavy atom. The molecule has 0 radical (unpaired) electrons. The van der Waals surface area contributed by atoms with Gasteiger partial charge in [0.25, 0.3) is 0 Å². The van der Waals surface area contributed by atoms with Gasteiger partial charge < -0.3 is 14.4 Å². The fourth-order valence-electron chi connectivity index (χ4n) is 3.54. The van der Waals surface area contributed by atoms with E-state index in [1.165, 1.54) is 12.4 Å². The lowest BCUT2D eigenvalue weighted by Gasteiger charge is -2.38. The number of hydrogen-bond donors (Lipinski definition) is 0. The van der Waals surface area contributed by atoms with Crippen LogP contribution in [0.15, 0.2) is 36.9 Å². The van der Waals surface area contributed by atoms with Crippen molar-refractivity contribution in [2.24, 2.45) is 0 Å². The van der Waals surface area contributed by atoms with Crippen LogP contribution in [-0.2, 0) is 16.1 Å². The van der Waals surface area contributed by atoms with Gasteiger partial charge in [0.05, 0.1) is 37.3 Å². The molecule has 4 rings (SSSR count). The third kappa shape index (κ3) is 3.77. The van der Waals surface area contributed by atoms with Crippen LogP contribution in [0.3, 0.4) is 0 Å². The van der Waals surface area contributed by atoms with Crippen molar-refractivity contribution in [3.63, 3.8) is 0 Å². The van der Waals surface area contributed by atoms with Crippen LogP contribution in [0, 0.1) is 5.82 Å². The van der Waals surface area contributed by atoms with Crippen LogP contribution in [0.1, 0.15) is 24.8 Å². The molecule has 2 aliphatic rings. The summed E-state index contributed by atoms with van der Waals surface area (Å²) < 4.78 is 25.1. The standard InChI is InChI=1S/C18H21FN4O2/c19-15-10-21-17(22-11-15)23-6-3-18(4-7-23)8-16(13-25-18)24-12-14-2-1-5-20-9-14/h1-2,5,9-11,16H,3-4,6-8,12-13H2. The van der Waals surface area contributed by atoms with Gasteiger partial charge >= 0.3 is 0 Å². The summed E-state index contributed by atoms with van der Waals surface area (Å²) in [5.41, 5.74) is 0.961. The number of nitrogens with zero attached hydrogens (tertiary/aromatic N) is 4. The molecule has 7 heteroatoms. The third-order valence-electron chi connectivity index (χ3n) is 4.95. The molecular formula is C18H21FN4O2. The summed E-state index contributed by atoms with van der Waals surface area (Å²) in [6.45, 7) is 2.81. The van der Waals surface area contributed by atoms with Crippen LogP contribution in [0.4, 0.5) is 10.3 Å². The van der Waals surface area contributed by atoms with E-state index in [2.05, 4.69) is 19.9 Å². The summed E-state index contributed by atoms with van der Waals surface area (Å²) >= 11 is 0. The summed E-state index contributed by atoms with van der Waals surface area (Å²) in [6, 6.07) is 3.93. The average molecular weight is 344 g/mol. The molecular weight excluding hydrogens is 323 g/mol. The fourth-order valence-corrected chi connectivity index (χ4v) is 3.54. The summed E-state index contributed by atoms with van der Waals surface area (Å²) in [4.78, 5) is 14.3. The maximum Gasteiger partial charge on any atom is 0.225 e. The van der Waals surface area contributed by atoms with Crippen LogP contribution < -0.4 is 4.90 Å². The van der Waals surface area contributed by atoms with E-state index in [4.69, 9.17) is 9.47 Å². The third-order valence-corrected chi connectivity index (χ3v) is 4.95. The van der Waals surface area contributed by atoms with Gasteiger partial charge in [-0.15, -0.1) is 0 Å². The molecule has 2 fully saturated rings. The first kappa shape index (κ1) is 16.4. The summed E-state index contributed by atoms with van der Waals surface area (Å²) in [5, 5.41) is 0. The van der Waals surface area contributed by atoms with Crippen molar-refractivity contribution in [2.45, 2.75) is 37.6 Å². The SMILES string of the molecule is Fc1cnc(N2CCC3(CC2)CC(OCc2cccnc2)CO3)nc1. The molecule has 0 aliphatic carbocycles. The second kappa shape index (κ2) is 7.01. The Balaban J connectivity index is 1.29. The van der Waals surface area contributed by atoms with Crippen molar-refractivity contribution < 1.29 is 13.9 Å². The highest BCUT2D eigenvalue weighted by atomic mass is 19.1. The molecule has 1 spiro atoms. The van der Waals surface area contributed by atoms with Gasteiger partial charge in [0.2, 0.25) is 5.95 Å². The maximum absolute atomic E-state index is 13.0. The van der Waals surface area contributed by atoms with Crippen molar-refractivity contribution >= 4 is 5.95 Å². The zero-order valence-corrected chi connectivity index (χ0v) is 14.0. The van der Waals surface area contributed by atoms with Crippen LogP contribution >= 0.6 is 0 Å². The Morgan fingerprint density at radius 2 is 2.04 bits per heavy atom. The molecule has 2 aromatic heterocycles. The predicted octanol–water partition coefficient (Wildman–Crippen LogP) is 2.36. The lowest BCUT2D eigenvalue weighted by molar-refractivity contribution is -0.0205. The first-order valence-electron chi connectivity index (χ1n) is 8.59. The van der Waals surface area contributed by atoms with Crippen molar-refractivity contribution in [3.8, 4) is 0 Å². The average Bonchev–Trinajstić information content (AvgIpc) is 3.05. The van der Waals surface area contributed by atoms with Crippen molar-refractivity contribution in [1.29, 1.82) is 0 Å². The monoisotopic (exact) mass is 344 g/mol. The van der Waals surface area contributed by atoms with Crippen LogP contribution in [0.25, 0.3) is 0 Å². The van der Waals surface area contributed by atoms with Crippen LogP contribution in [0.2, 0.25) is 0 Å². The predicted molar refractivity (Wildman–Crippen MR) is 89.6 cm³/mol. The minimum Gasteiger partial charge on any atom is -0.372 e. The quantitative estimate of drug-likeness (QED) is 0.849. The number of halogens is 1. The van der Waals surface area contributed by atoms with Crippen molar-refractivity contribution in [3.05, 3.63) is 48.3 Å². The molecule has 132 valence electrons. The minimum absolute atomic E-state index is 0.115. The van der Waals surface area contributed by atoms with E-state index in [-0.39, 0.29) is 11.7 Å². The smallest absolute Gasteiger partial charge is 0.225 e. The summed E-state index contributed by atoms with van der Waals surface area (Å²) in [5.74, 6) is 0.170. The Morgan fingerprint density at radius 3 is 2.76 bits per heavy atom. The zero-order valence-electron chi connectivity index (χ0n) is 14.0. The Kier molecular flexibility index (Phi) is 4.59. The van der Waals surface area contributed by atoms with Crippen molar-refractivity contribution in [2.75, 3.05) is 24.6 Å². The maximum atomic E-state index is 13.0. The molecule has 1 unspecified atom stereocenters. The molecule has 0 aromatic carbocycles. The highest BCUT2D eigenvalue weighted by Gasteiger charge is 2.43. The van der Waals surface area contributed by atoms with Gasteiger partial charge in [0.15, 0.2) is 5.82 Å². The zero-order chi connectivity index (χ0) is 17.1. The van der Waals surface area contributed by atoms with Gasteiger partial charge in [-0.25, -0.2) is 14.4 Å². The molecule has 0 N–H and O–H groups in total. The molecule has 0 bridgehead atoms. The summed E-state index contributed by atoms with van der Waals surface area (Å²) in [6.07, 6.45) is 8.84. The molecule has 0 amide bonds. The highest BCUT2D eigenvalue weighted by molar-refractivity contribution is 5.30. The molecule has 2 aromatic rings. The number of anilines is 1. The van der Waals surface area contributed by atoms with E-state index in [0.717, 1.165) is 37.9 Å². The first-order valence-corrected chi connectivity index (χ1v) is 8.59. The van der Waals surface area contributed by atoms with Gasteiger partial charge in [-0.05, 0) is 24.5 Å². The largest absolute Gasteiger partial charge is 0.372 e. The molecule has 1 atom stereocenters. The number of piperidine rings is 1. The van der Waals surface area contributed by atoms with E-state index in [1.54, 1.807) is 6.20 Å². The van der Waals surface area contributed by atoms with Gasteiger partial charge in [-0.1, -0.05) is 6.07 Å². The van der Waals surface area contributed by atoms with Gasteiger partial charge in [-0.3, -0.25) is 4.98 Å². The van der Waals surface area contributed by atoms with Gasteiger partial charge in [-0.2, -0.15) is 0 Å². The molecule has 4 heterocycles. The Bertz CT molecular complexity index is 690. The highest BCUT2D eigenvalue weighted by Crippen LogP contribution is 2.37. The molecule has 2 aliphatic heterocycles. The fraction of sp³-hybridized carbons (Fsp3) is 0.500. The van der Waals surface area contributed by atoms with E-state index in [0.29, 0.717) is 19.2 Å². The molecule has 2 saturated heterocycles. The minimum atomic E-state index is -0.412. The van der Waals surface area contributed by atoms with E-state index < -0.39 is 5.82 Å². The number of rotatable bonds is 4. The second-order valence-electron chi connectivity index (χ2n) is 6.68. The van der Waals surface area contributed by atoms with Crippen LogP contribution in [-0.4, -0.2) is 46.4 Å². The Labute approximate surface area is 146 Å². The molecule has 25 heavy (non-hydrogen) atoms. The number of pyridine rings is 1. The van der Waals surface area contributed by atoms with E-state index in [1.807, 2.05) is 18.3 Å². The number of hydrogen-bond acceptors (Lipinski definition) is 6. The topological polar surface area (TPSA) is 60.4 Å². The summed E-state index contributed by atoms with van der Waals surface area (Å²) in [7, 11) is 0.